The minimum absolute atomic E-state index is 0.0233. The second kappa shape index (κ2) is 10.1. The van der Waals surface area contributed by atoms with Crippen molar-refractivity contribution in [2.75, 3.05) is 19.8 Å². The standard InChI is InChI=1S/C14H18BrN3O4S/c1-3-21-8-12(19)17-18-14(23)16-13(20)9-5-6-11(22-4-2)10(15)7-9/h5-7H,3-4,8H2,1-2H3,(H,17,19)(H2,16,18,20,23). The Morgan fingerprint density at radius 3 is 2.57 bits per heavy atom. The van der Waals surface area contributed by atoms with E-state index in [2.05, 4.69) is 32.1 Å². The molecule has 0 aliphatic heterocycles. The van der Waals surface area contributed by atoms with E-state index in [0.29, 0.717) is 29.0 Å². The average molecular weight is 404 g/mol. The number of thiocarbonyl (C=S) groups is 1. The Hall–Kier alpha value is -1.71. The Balaban J connectivity index is 2.50. The van der Waals surface area contributed by atoms with Gasteiger partial charge in [-0.2, -0.15) is 0 Å². The van der Waals surface area contributed by atoms with Crippen molar-refractivity contribution in [2.45, 2.75) is 13.8 Å². The number of hydrogen-bond donors (Lipinski definition) is 3. The van der Waals surface area contributed by atoms with Crippen LogP contribution in [0, 0.1) is 0 Å². The molecule has 0 saturated carbocycles. The number of nitrogens with one attached hydrogen (secondary N) is 3. The summed E-state index contributed by atoms with van der Waals surface area (Å²) >= 11 is 8.26. The highest BCUT2D eigenvalue weighted by Crippen LogP contribution is 2.25. The van der Waals surface area contributed by atoms with Crippen molar-refractivity contribution in [1.82, 2.24) is 16.2 Å². The quantitative estimate of drug-likeness (QED) is 0.492. The molecule has 1 aromatic rings. The number of benzene rings is 1. The van der Waals surface area contributed by atoms with E-state index in [1.54, 1.807) is 25.1 Å². The second-order valence-electron chi connectivity index (χ2n) is 4.17. The summed E-state index contributed by atoms with van der Waals surface area (Å²) in [6.07, 6.45) is 0. The molecule has 0 aromatic heterocycles. The minimum atomic E-state index is -0.412. The van der Waals surface area contributed by atoms with E-state index >= 15 is 0 Å². The van der Waals surface area contributed by atoms with Crippen LogP contribution in [0.1, 0.15) is 24.2 Å². The number of carbonyl (C=O) groups is 2. The van der Waals surface area contributed by atoms with Gasteiger partial charge in [-0.05, 0) is 60.2 Å². The molecule has 1 rings (SSSR count). The Bertz CT molecular complexity index is 583. The van der Waals surface area contributed by atoms with Crippen LogP contribution in [0.5, 0.6) is 5.75 Å². The molecule has 2 amide bonds. The third kappa shape index (κ3) is 6.93. The Morgan fingerprint density at radius 2 is 1.96 bits per heavy atom. The fraction of sp³-hybridized carbons (Fsp3) is 0.357. The summed E-state index contributed by atoms with van der Waals surface area (Å²) in [5.41, 5.74) is 5.13. The molecule has 1 aromatic carbocycles. The SMILES string of the molecule is CCOCC(=O)NNC(=S)NC(=O)c1ccc(OCC)c(Br)c1. The van der Waals surface area contributed by atoms with Gasteiger partial charge in [0, 0.05) is 12.2 Å². The van der Waals surface area contributed by atoms with Crippen LogP contribution < -0.4 is 20.9 Å². The van der Waals surface area contributed by atoms with Crippen LogP contribution in [-0.2, 0) is 9.53 Å². The van der Waals surface area contributed by atoms with Gasteiger partial charge in [0.05, 0.1) is 11.1 Å². The van der Waals surface area contributed by atoms with E-state index in [0.717, 1.165) is 0 Å². The fourth-order valence-electron chi connectivity index (χ4n) is 1.48. The summed E-state index contributed by atoms with van der Waals surface area (Å²) in [5, 5.41) is 2.43. The molecule has 23 heavy (non-hydrogen) atoms. The van der Waals surface area contributed by atoms with Gasteiger partial charge in [-0.25, -0.2) is 0 Å². The largest absolute Gasteiger partial charge is 0.493 e. The third-order valence-corrected chi connectivity index (χ3v) is 3.30. The van der Waals surface area contributed by atoms with Crippen LogP contribution in [0.3, 0.4) is 0 Å². The number of rotatable bonds is 6. The van der Waals surface area contributed by atoms with Crippen LogP contribution in [-0.4, -0.2) is 36.7 Å². The van der Waals surface area contributed by atoms with Crippen LogP contribution in [0.4, 0.5) is 0 Å². The normalized spacial score (nSPS) is 9.87. The maximum atomic E-state index is 12.1. The molecular formula is C14H18BrN3O4S. The van der Waals surface area contributed by atoms with Crippen molar-refractivity contribution >= 4 is 45.1 Å². The van der Waals surface area contributed by atoms with Crippen LogP contribution in [0.15, 0.2) is 22.7 Å². The zero-order valence-corrected chi connectivity index (χ0v) is 15.2. The highest BCUT2D eigenvalue weighted by atomic mass is 79.9. The topological polar surface area (TPSA) is 88.7 Å². The van der Waals surface area contributed by atoms with Crippen molar-refractivity contribution < 1.29 is 19.1 Å². The molecule has 0 heterocycles. The van der Waals surface area contributed by atoms with Crippen molar-refractivity contribution in [3.63, 3.8) is 0 Å². The van der Waals surface area contributed by atoms with E-state index in [1.165, 1.54) is 0 Å². The summed E-state index contributed by atoms with van der Waals surface area (Å²) in [6.45, 7) is 4.52. The highest BCUT2D eigenvalue weighted by Gasteiger charge is 2.11. The van der Waals surface area contributed by atoms with Gasteiger partial charge in [-0.1, -0.05) is 0 Å². The van der Waals surface area contributed by atoms with Gasteiger partial charge in [0.15, 0.2) is 5.11 Å². The molecule has 126 valence electrons. The van der Waals surface area contributed by atoms with Gasteiger partial charge in [0.1, 0.15) is 12.4 Å². The minimum Gasteiger partial charge on any atom is -0.493 e. The van der Waals surface area contributed by atoms with Gasteiger partial charge in [-0.3, -0.25) is 25.8 Å². The summed E-state index contributed by atoms with van der Waals surface area (Å²) < 4.78 is 11.0. The van der Waals surface area contributed by atoms with Gasteiger partial charge in [0.2, 0.25) is 0 Å². The summed E-state index contributed by atoms with van der Waals surface area (Å²) in [5.74, 6) is -0.162. The molecule has 0 aliphatic rings. The zero-order chi connectivity index (χ0) is 17.2. The first kappa shape index (κ1) is 19.3. The predicted molar refractivity (Wildman–Crippen MR) is 93.1 cm³/mol. The maximum Gasteiger partial charge on any atom is 0.264 e. The molecule has 0 aliphatic carbocycles. The molecule has 3 N–H and O–H groups in total. The lowest BCUT2D eigenvalue weighted by Gasteiger charge is -2.11. The molecule has 0 saturated heterocycles. The van der Waals surface area contributed by atoms with Crippen molar-refractivity contribution in [3.8, 4) is 5.75 Å². The number of hydrazine groups is 1. The van der Waals surface area contributed by atoms with Gasteiger partial charge >= 0.3 is 0 Å². The second-order valence-corrected chi connectivity index (χ2v) is 5.43. The molecule has 9 heteroatoms. The molecule has 0 bridgehead atoms. The first-order chi connectivity index (χ1) is 11.0. The van der Waals surface area contributed by atoms with Crippen molar-refractivity contribution in [1.29, 1.82) is 0 Å². The predicted octanol–water partition coefficient (Wildman–Crippen LogP) is 1.52. The molecule has 0 fully saturated rings. The number of hydrogen-bond acceptors (Lipinski definition) is 5. The lowest BCUT2D eigenvalue weighted by atomic mass is 10.2. The summed E-state index contributed by atoms with van der Waals surface area (Å²) in [6, 6.07) is 4.92. The Morgan fingerprint density at radius 1 is 1.22 bits per heavy atom. The Kier molecular flexibility index (Phi) is 8.52. The van der Waals surface area contributed by atoms with Crippen LogP contribution >= 0.6 is 28.1 Å². The fourth-order valence-corrected chi connectivity index (χ4v) is 2.12. The van der Waals surface area contributed by atoms with Crippen LogP contribution in [0.25, 0.3) is 0 Å². The van der Waals surface area contributed by atoms with E-state index < -0.39 is 11.8 Å². The van der Waals surface area contributed by atoms with Gasteiger partial charge in [0.25, 0.3) is 11.8 Å². The first-order valence-corrected chi connectivity index (χ1v) is 8.08. The summed E-state index contributed by atoms with van der Waals surface area (Å²) in [4.78, 5) is 23.4. The van der Waals surface area contributed by atoms with Gasteiger partial charge in [-0.15, -0.1) is 0 Å². The smallest absolute Gasteiger partial charge is 0.264 e. The van der Waals surface area contributed by atoms with Gasteiger partial charge < -0.3 is 9.47 Å². The van der Waals surface area contributed by atoms with E-state index in [-0.39, 0.29) is 11.7 Å². The van der Waals surface area contributed by atoms with Crippen molar-refractivity contribution in [3.05, 3.63) is 28.2 Å². The zero-order valence-electron chi connectivity index (χ0n) is 12.8. The number of amides is 2. The molecule has 0 unspecified atom stereocenters. The highest BCUT2D eigenvalue weighted by molar-refractivity contribution is 9.10. The third-order valence-electron chi connectivity index (χ3n) is 2.47. The van der Waals surface area contributed by atoms with E-state index in [9.17, 15) is 9.59 Å². The number of ether oxygens (including phenoxy) is 2. The van der Waals surface area contributed by atoms with Crippen LogP contribution in [0.2, 0.25) is 0 Å². The number of halogens is 1. The lowest BCUT2D eigenvalue weighted by Crippen LogP contribution is -2.49. The monoisotopic (exact) mass is 403 g/mol. The molecule has 0 radical (unpaired) electrons. The molecule has 7 nitrogen and oxygen atoms in total. The molecule has 0 spiro atoms. The van der Waals surface area contributed by atoms with E-state index in [1.807, 2.05) is 6.92 Å². The lowest BCUT2D eigenvalue weighted by molar-refractivity contribution is -0.126. The van der Waals surface area contributed by atoms with Crippen molar-refractivity contribution in [2.24, 2.45) is 0 Å². The van der Waals surface area contributed by atoms with E-state index in [4.69, 9.17) is 21.7 Å². The number of carbonyl (C=O) groups excluding carboxylic acids is 2. The molecule has 0 atom stereocenters. The summed E-state index contributed by atoms with van der Waals surface area (Å²) in [7, 11) is 0. The molecular weight excluding hydrogens is 386 g/mol. The maximum absolute atomic E-state index is 12.1. The first-order valence-electron chi connectivity index (χ1n) is 6.88. The average Bonchev–Trinajstić information content (AvgIpc) is 2.52. The Labute approximate surface area is 148 Å².